The summed E-state index contributed by atoms with van der Waals surface area (Å²) in [6, 6.07) is 8.78. The molecule has 2 N–H and O–H groups in total. The van der Waals surface area contributed by atoms with Gasteiger partial charge in [-0.25, -0.2) is 14.0 Å². The van der Waals surface area contributed by atoms with Gasteiger partial charge in [0.25, 0.3) is 0 Å². The Bertz CT molecular complexity index is 1030. The third-order valence-corrected chi connectivity index (χ3v) is 6.31. The third kappa shape index (κ3) is 4.77. The molecular formula is C25H26FNO4. The van der Waals surface area contributed by atoms with Crippen molar-refractivity contribution < 1.29 is 24.2 Å². The van der Waals surface area contributed by atoms with Crippen LogP contribution in [0.15, 0.2) is 30.3 Å². The Kier molecular flexibility index (Phi) is 7.06. The van der Waals surface area contributed by atoms with Gasteiger partial charge in [-0.2, -0.15) is 5.26 Å². The van der Waals surface area contributed by atoms with Gasteiger partial charge in [-0.1, -0.05) is 38.3 Å². The average molecular weight is 423 g/mol. The number of carboxylic acids is 2. The molecule has 0 heterocycles. The maximum Gasteiger partial charge on any atom is 0.336 e. The van der Waals surface area contributed by atoms with E-state index in [0.717, 1.165) is 38.5 Å². The topological polar surface area (TPSA) is 98.4 Å². The number of unbranched alkanes of at least 4 members (excludes halogenated alkanes) is 1. The van der Waals surface area contributed by atoms with Crippen LogP contribution in [0.2, 0.25) is 0 Å². The largest absolute Gasteiger partial charge is 0.478 e. The summed E-state index contributed by atoms with van der Waals surface area (Å²) >= 11 is 0. The Morgan fingerprint density at radius 1 is 1.10 bits per heavy atom. The molecule has 0 bridgehead atoms. The lowest BCUT2D eigenvalue weighted by molar-refractivity contribution is 0.0649. The summed E-state index contributed by atoms with van der Waals surface area (Å²) in [6.45, 7) is 2.16. The number of aromatic carboxylic acids is 2. The number of carbonyl (C=O) groups is 2. The van der Waals surface area contributed by atoms with E-state index in [4.69, 9.17) is 5.26 Å². The summed E-state index contributed by atoms with van der Waals surface area (Å²) in [7, 11) is 0. The highest BCUT2D eigenvalue weighted by Gasteiger charge is 2.31. The minimum absolute atomic E-state index is 0.0950. The van der Waals surface area contributed by atoms with Crippen LogP contribution in [0.5, 0.6) is 0 Å². The normalized spacial score (nSPS) is 18.4. The fourth-order valence-electron chi connectivity index (χ4n) is 4.71. The molecule has 31 heavy (non-hydrogen) atoms. The highest BCUT2D eigenvalue weighted by molar-refractivity contribution is 6.04. The first-order valence-electron chi connectivity index (χ1n) is 10.7. The van der Waals surface area contributed by atoms with E-state index in [0.29, 0.717) is 22.6 Å². The number of carboxylic acid groups (broad SMARTS) is 2. The summed E-state index contributed by atoms with van der Waals surface area (Å²) in [4.78, 5) is 23.9. The van der Waals surface area contributed by atoms with Crippen LogP contribution >= 0.6 is 0 Å². The van der Waals surface area contributed by atoms with E-state index >= 15 is 0 Å². The lowest BCUT2D eigenvalue weighted by atomic mass is 9.73. The molecule has 1 aliphatic carbocycles. The maximum absolute atomic E-state index is 14.3. The van der Waals surface area contributed by atoms with Crippen molar-refractivity contribution in [3.63, 3.8) is 0 Å². The van der Waals surface area contributed by atoms with Crippen LogP contribution in [0.3, 0.4) is 0 Å². The van der Waals surface area contributed by atoms with E-state index in [1.165, 1.54) is 24.6 Å². The van der Waals surface area contributed by atoms with E-state index in [1.807, 2.05) is 0 Å². The van der Waals surface area contributed by atoms with Crippen LogP contribution in [-0.2, 0) is 0 Å². The van der Waals surface area contributed by atoms with Crippen LogP contribution < -0.4 is 0 Å². The number of benzene rings is 2. The number of hydrogen-bond donors (Lipinski definition) is 2. The Morgan fingerprint density at radius 2 is 1.81 bits per heavy atom. The lowest BCUT2D eigenvalue weighted by Crippen LogP contribution is -2.19. The second kappa shape index (κ2) is 9.74. The predicted molar refractivity (Wildman–Crippen MR) is 115 cm³/mol. The molecule has 6 heteroatoms. The van der Waals surface area contributed by atoms with E-state index in [9.17, 15) is 24.2 Å². The molecule has 0 unspecified atom stereocenters. The van der Waals surface area contributed by atoms with Gasteiger partial charge in [0.05, 0.1) is 16.7 Å². The van der Waals surface area contributed by atoms with Crippen molar-refractivity contribution in [1.82, 2.24) is 0 Å². The molecule has 2 aromatic rings. The number of nitriles is 1. The Balaban J connectivity index is 2.11. The Morgan fingerprint density at radius 3 is 2.35 bits per heavy atom. The van der Waals surface area contributed by atoms with Crippen molar-refractivity contribution in [3.8, 4) is 17.2 Å². The molecule has 0 aromatic heterocycles. The zero-order valence-corrected chi connectivity index (χ0v) is 17.5. The van der Waals surface area contributed by atoms with Crippen molar-refractivity contribution in [3.05, 3.63) is 58.4 Å². The van der Waals surface area contributed by atoms with Gasteiger partial charge < -0.3 is 10.2 Å². The van der Waals surface area contributed by atoms with Crippen molar-refractivity contribution >= 4 is 11.9 Å². The molecule has 0 atom stereocenters. The first-order valence-corrected chi connectivity index (χ1v) is 10.7. The van der Waals surface area contributed by atoms with Crippen molar-refractivity contribution in [2.24, 2.45) is 5.92 Å². The third-order valence-electron chi connectivity index (χ3n) is 6.31. The number of hydrogen-bond acceptors (Lipinski definition) is 3. The molecule has 0 spiro atoms. The molecule has 3 rings (SSSR count). The van der Waals surface area contributed by atoms with Crippen molar-refractivity contribution in [2.45, 2.75) is 57.8 Å². The van der Waals surface area contributed by atoms with Crippen LogP contribution in [-0.4, -0.2) is 22.2 Å². The monoisotopic (exact) mass is 423 g/mol. The van der Waals surface area contributed by atoms with Crippen LogP contribution in [0, 0.1) is 23.1 Å². The molecule has 0 aliphatic heterocycles. The summed E-state index contributed by atoms with van der Waals surface area (Å²) < 4.78 is 14.3. The second-order valence-electron chi connectivity index (χ2n) is 8.23. The molecule has 0 saturated heterocycles. The fourth-order valence-corrected chi connectivity index (χ4v) is 4.71. The number of nitrogens with zero attached hydrogens (tertiary/aromatic N) is 1. The number of rotatable bonds is 7. The van der Waals surface area contributed by atoms with Gasteiger partial charge in [0.15, 0.2) is 0 Å². The smallest absolute Gasteiger partial charge is 0.336 e. The van der Waals surface area contributed by atoms with Gasteiger partial charge >= 0.3 is 11.9 Å². The summed E-state index contributed by atoms with van der Waals surface area (Å²) in [5.74, 6) is -2.79. The van der Waals surface area contributed by atoms with Gasteiger partial charge in [0.2, 0.25) is 0 Å². The van der Waals surface area contributed by atoms with Crippen LogP contribution in [0.25, 0.3) is 11.1 Å². The Labute approximate surface area is 181 Å². The Hall–Kier alpha value is -3.20. The first kappa shape index (κ1) is 22.5. The highest BCUT2D eigenvalue weighted by Crippen LogP contribution is 2.44. The zero-order chi connectivity index (χ0) is 22.5. The van der Waals surface area contributed by atoms with Gasteiger partial charge in [0.1, 0.15) is 11.9 Å². The van der Waals surface area contributed by atoms with Gasteiger partial charge in [-0.15, -0.1) is 0 Å². The molecule has 5 nitrogen and oxygen atoms in total. The first-order chi connectivity index (χ1) is 14.9. The van der Waals surface area contributed by atoms with E-state index in [-0.39, 0.29) is 22.6 Å². The van der Waals surface area contributed by atoms with Gasteiger partial charge in [-0.3, -0.25) is 0 Å². The van der Waals surface area contributed by atoms with E-state index in [1.54, 1.807) is 18.2 Å². The molecule has 1 aliphatic rings. The van der Waals surface area contributed by atoms with E-state index in [2.05, 4.69) is 6.92 Å². The summed E-state index contributed by atoms with van der Waals surface area (Å²) in [5, 5.41) is 28.5. The minimum Gasteiger partial charge on any atom is -0.478 e. The lowest BCUT2D eigenvalue weighted by Gasteiger charge is -2.31. The van der Waals surface area contributed by atoms with Gasteiger partial charge in [0, 0.05) is 0 Å². The molecule has 1 saturated carbocycles. The van der Waals surface area contributed by atoms with Crippen LogP contribution in [0.4, 0.5) is 4.39 Å². The summed E-state index contributed by atoms with van der Waals surface area (Å²) in [6.07, 6.45) is 6.91. The summed E-state index contributed by atoms with van der Waals surface area (Å²) in [5.41, 5.74) is 0.856. The minimum atomic E-state index is -1.30. The molecule has 1 fully saturated rings. The van der Waals surface area contributed by atoms with Crippen LogP contribution in [0.1, 0.15) is 89.6 Å². The number of halogens is 1. The molecule has 162 valence electrons. The molecule has 2 aromatic carbocycles. The van der Waals surface area contributed by atoms with Crippen molar-refractivity contribution in [1.29, 1.82) is 5.26 Å². The molecule has 0 amide bonds. The second-order valence-corrected chi connectivity index (χ2v) is 8.23. The maximum atomic E-state index is 14.3. The molecule has 0 radical (unpaired) electrons. The van der Waals surface area contributed by atoms with Crippen molar-refractivity contribution in [2.75, 3.05) is 0 Å². The molecular weight excluding hydrogens is 397 g/mol. The fraction of sp³-hybridized carbons (Fsp3) is 0.400. The highest BCUT2D eigenvalue weighted by atomic mass is 19.1. The standard InChI is InChI=1S/C25H26FNO4/c1-2-3-4-15-5-7-16(8-6-15)22-19(17-9-10-18(14-27)21(26)13-17)11-12-20(24(28)29)23(22)25(30)31/h9-13,15-16H,2-8H2,1H3,(H,28,29)(H,30,31). The average Bonchev–Trinajstić information content (AvgIpc) is 2.76. The predicted octanol–water partition coefficient (Wildman–Crippen LogP) is 6.22. The van der Waals surface area contributed by atoms with E-state index < -0.39 is 17.8 Å². The SMILES string of the molecule is CCCCC1CCC(c2c(-c3ccc(C#N)c(F)c3)ccc(C(=O)O)c2C(=O)O)CC1. The quantitative estimate of drug-likeness (QED) is 0.550. The van der Waals surface area contributed by atoms with Gasteiger partial charge in [-0.05, 0) is 72.4 Å². The zero-order valence-electron chi connectivity index (χ0n) is 17.5.